The van der Waals surface area contributed by atoms with Crippen molar-refractivity contribution in [3.05, 3.63) is 40.7 Å². The van der Waals surface area contributed by atoms with E-state index in [1.54, 1.807) is 0 Å². The first-order valence-corrected chi connectivity index (χ1v) is 8.99. The molecule has 2 heterocycles. The predicted octanol–water partition coefficient (Wildman–Crippen LogP) is 3.18. The fourth-order valence-electron chi connectivity index (χ4n) is 3.42. The van der Waals surface area contributed by atoms with Crippen LogP contribution < -0.4 is 4.74 Å². The summed E-state index contributed by atoms with van der Waals surface area (Å²) in [5.41, 5.74) is 3.81. The fraction of sp³-hybridized carbons (Fsp3) is 0.526. The first-order valence-electron chi connectivity index (χ1n) is 8.99. The zero-order chi connectivity index (χ0) is 18.5. The Kier molecular flexibility index (Phi) is 5.88. The molecule has 1 aromatic heterocycles. The molecule has 0 N–H and O–H groups in total. The van der Waals surface area contributed by atoms with E-state index in [9.17, 15) is 4.79 Å². The van der Waals surface area contributed by atoms with Crippen LogP contribution in [0.4, 0.5) is 0 Å². The lowest BCUT2D eigenvalue weighted by Gasteiger charge is -2.23. The van der Waals surface area contributed by atoms with Gasteiger partial charge in [0.15, 0.2) is 0 Å². The maximum atomic E-state index is 11.2. The second-order valence-corrected chi connectivity index (χ2v) is 6.52. The molecule has 1 aliphatic rings. The molecule has 1 saturated heterocycles. The Hall–Kier alpha value is -2.41. The third-order valence-corrected chi connectivity index (χ3v) is 4.61. The van der Waals surface area contributed by atoms with Gasteiger partial charge in [0.05, 0.1) is 12.6 Å². The number of aromatic nitrogens is 2. The maximum absolute atomic E-state index is 11.2. The number of carbonyl (C=O) groups excluding carboxylic acids is 1. The van der Waals surface area contributed by atoms with Crippen molar-refractivity contribution in [3.63, 3.8) is 0 Å². The maximum Gasteiger partial charge on any atom is 0.302 e. The molecule has 0 amide bonds. The van der Waals surface area contributed by atoms with Gasteiger partial charge in [-0.1, -0.05) is 16.4 Å². The highest BCUT2D eigenvalue weighted by Gasteiger charge is 2.30. The van der Waals surface area contributed by atoms with Gasteiger partial charge in [0.2, 0.25) is 0 Å². The van der Waals surface area contributed by atoms with Gasteiger partial charge in [-0.05, 0) is 50.9 Å². The van der Waals surface area contributed by atoms with Crippen molar-refractivity contribution in [1.82, 2.24) is 15.2 Å². The van der Waals surface area contributed by atoms with Gasteiger partial charge in [0, 0.05) is 19.0 Å². The topological polar surface area (TPSA) is 77.7 Å². The Morgan fingerprint density at radius 3 is 2.92 bits per heavy atom. The lowest BCUT2D eigenvalue weighted by molar-refractivity contribution is -0.142. The molecule has 0 bridgehead atoms. The third kappa shape index (κ3) is 4.22. The average molecular weight is 359 g/mol. The van der Waals surface area contributed by atoms with E-state index < -0.39 is 0 Å². The third-order valence-electron chi connectivity index (χ3n) is 4.61. The number of hydrogen-bond donors (Lipinski definition) is 0. The van der Waals surface area contributed by atoms with Crippen LogP contribution in [0.1, 0.15) is 55.2 Å². The number of likely N-dealkylation sites (tertiary alicyclic amines) is 1. The summed E-state index contributed by atoms with van der Waals surface area (Å²) in [7, 11) is 0. The summed E-state index contributed by atoms with van der Waals surface area (Å²) < 4.78 is 15.7. The molecule has 7 heteroatoms. The van der Waals surface area contributed by atoms with E-state index in [1.165, 1.54) is 6.92 Å². The Labute approximate surface area is 153 Å². The molecular formula is C19H25N3O4. The van der Waals surface area contributed by atoms with E-state index >= 15 is 0 Å². The summed E-state index contributed by atoms with van der Waals surface area (Å²) in [6.07, 6.45) is 2.17. The molecule has 1 aliphatic heterocycles. The Bertz CT molecular complexity index is 759. The lowest BCUT2D eigenvalue weighted by Crippen LogP contribution is -2.23. The second kappa shape index (κ2) is 8.31. The minimum Gasteiger partial charge on any atom is -0.493 e. The summed E-state index contributed by atoms with van der Waals surface area (Å²) >= 11 is 0. The first kappa shape index (κ1) is 18.4. The molecule has 0 saturated carbocycles. The average Bonchev–Trinajstić information content (AvgIpc) is 3.23. The number of ether oxygens (including phenoxy) is 2. The smallest absolute Gasteiger partial charge is 0.302 e. The highest BCUT2D eigenvalue weighted by molar-refractivity contribution is 5.66. The van der Waals surface area contributed by atoms with Gasteiger partial charge in [-0.25, -0.2) is 4.63 Å². The van der Waals surface area contributed by atoms with Crippen molar-refractivity contribution < 1.29 is 18.9 Å². The van der Waals surface area contributed by atoms with Crippen LogP contribution in [0.5, 0.6) is 5.75 Å². The largest absolute Gasteiger partial charge is 0.493 e. The Morgan fingerprint density at radius 2 is 2.23 bits per heavy atom. The van der Waals surface area contributed by atoms with E-state index in [-0.39, 0.29) is 18.6 Å². The zero-order valence-electron chi connectivity index (χ0n) is 15.5. The van der Waals surface area contributed by atoms with Crippen LogP contribution >= 0.6 is 0 Å². The SMILES string of the molecule is CCOc1ccc(CN2CCC[C@@H]2c2nonc2C)cc1COC(C)=O. The molecule has 0 spiro atoms. The minimum absolute atomic E-state index is 0.217. The van der Waals surface area contributed by atoms with E-state index in [0.29, 0.717) is 6.61 Å². The van der Waals surface area contributed by atoms with E-state index in [1.807, 2.05) is 19.9 Å². The van der Waals surface area contributed by atoms with Gasteiger partial charge in [-0.15, -0.1) is 0 Å². The quantitative estimate of drug-likeness (QED) is 0.703. The highest BCUT2D eigenvalue weighted by atomic mass is 16.6. The second-order valence-electron chi connectivity index (χ2n) is 6.52. The summed E-state index contributed by atoms with van der Waals surface area (Å²) in [6, 6.07) is 6.29. The van der Waals surface area contributed by atoms with Crippen LogP contribution in [-0.4, -0.2) is 34.3 Å². The van der Waals surface area contributed by atoms with Crippen LogP contribution in [-0.2, 0) is 22.7 Å². The molecule has 0 aliphatic carbocycles. The predicted molar refractivity (Wildman–Crippen MR) is 94.5 cm³/mol. The Balaban J connectivity index is 1.77. The monoisotopic (exact) mass is 359 g/mol. The number of aryl methyl sites for hydroxylation is 1. The van der Waals surface area contributed by atoms with Gasteiger partial charge in [0.25, 0.3) is 0 Å². The van der Waals surface area contributed by atoms with Crippen molar-refractivity contribution in [2.45, 2.75) is 52.8 Å². The number of nitrogens with zero attached hydrogens (tertiary/aromatic N) is 3. The molecule has 26 heavy (non-hydrogen) atoms. The molecule has 1 fully saturated rings. The van der Waals surface area contributed by atoms with Crippen molar-refractivity contribution >= 4 is 5.97 Å². The van der Waals surface area contributed by atoms with E-state index in [0.717, 1.165) is 54.2 Å². The van der Waals surface area contributed by atoms with Crippen LogP contribution in [0, 0.1) is 6.92 Å². The van der Waals surface area contributed by atoms with Crippen molar-refractivity contribution in [2.75, 3.05) is 13.2 Å². The van der Waals surface area contributed by atoms with Crippen LogP contribution in [0.3, 0.4) is 0 Å². The molecule has 1 aromatic carbocycles. The van der Waals surface area contributed by atoms with Gasteiger partial charge in [-0.3, -0.25) is 9.69 Å². The zero-order valence-corrected chi connectivity index (χ0v) is 15.5. The van der Waals surface area contributed by atoms with Crippen LogP contribution in [0.25, 0.3) is 0 Å². The molecule has 2 aromatic rings. The molecule has 7 nitrogen and oxygen atoms in total. The number of rotatable bonds is 7. The van der Waals surface area contributed by atoms with E-state index in [4.69, 9.17) is 14.1 Å². The lowest BCUT2D eigenvalue weighted by atomic mass is 10.1. The number of esters is 1. The van der Waals surface area contributed by atoms with Crippen molar-refractivity contribution in [1.29, 1.82) is 0 Å². The van der Waals surface area contributed by atoms with Crippen LogP contribution in [0.2, 0.25) is 0 Å². The van der Waals surface area contributed by atoms with Gasteiger partial charge in [-0.2, -0.15) is 0 Å². The summed E-state index contributed by atoms with van der Waals surface area (Å²) in [4.78, 5) is 13.5. The molecule has 3 rings (SSSR count). The first-order chi connectivity index (χ1) is 12.6. The standard InChI is InChI=1S/C19H25N3O4/c1-4-24-18-8-7-15(10-16(18)12-25-14(3)23)11-22-9-5-6-17(22)19-13(2)20-26-21-19/h7-8,10,17H,4-6,9,11-12H2,1-3H3/t17-/m1/s1. The molecule has 0 unspecified atom stereocenters. The summed E-state index contributed by atoms with van der Waals surface area (Å²) in [5.74, 6) is 0.457. The van der Waals surface area contributed by atoms with Gasteiger partial charge in [0.1, 0.15) is 23.7 Å². The van der Waals surface area contributed by atoms with Crippen molar-refractivity contribution in [2.24, 2.45) is 0 Å². The molecule has 140 valence electrons. The number of hydrogen-bond acceptors (Lipinski definition) is 7. The summed E-state index contributed by atoms with van der Waals surface area (Å²) in [5, 5.41) is 8.00. The fourth-order valence-corrected chi connectivity index (χ4v) is 3.42. The van der Waals surface area contributed by atoms with Crippen LogP contribution in [0.15, 0.2) is 22.8 Å². The van der Waals surface area contributed by atoms with E-state index in [2.05, 4.69) is 27.3 Å². The van der Waals surface area contributed by atoms with Crippen molar-refractivity contribution in [3.8, 4) is 5.75 Å². The molecular weight excluding hydrogens is 334 g/mol. The number of carbonyl (C=O) groups is 1. The summed E-state index contributed by atoms with van der Waals surface area (Å²) in [6.45, 7) is 7.85. The molecule has 1 atom stereocenters. The van der Waals surface area contributed by atoms with Gasteiger partial charge < -0.3 is 9.47 Å². The molecule has 0 radical (unpaired) electrons. The highest BCUT2D eigenvalue weighted by Crippen LogP contribution is 2.34. The number of benzene rings is 1. The Morgan fingerprint density at radius 1 is 1.38 bits per heavy atom. The van der Waals surface area contributed by atoms with Gasteiger partial charge >= 0.3 is 5.97 Å². The minimum atomic E-state index is -0.300. The normalized spacial score (nSPS) is 17.4.